The third-order valence-corrected chi connectivity index (χ3v) is 4.70. The van der Waals surface area contributed by atoms with Crippen molar-refractivity contribution in [1.29, 1.82) is 0 Å². The minimum Gasteiger partial charge on any atom is -0.497 e. The van der Waals surface area contributed by atoms with Crippen LogP contribution in [0.4, 0.5) is 4.79 Å². The molecule has 5 heteroatoms. The maximum Gasteiger partial charge on any atom is 0.318 e. The molecule has 1 aliphatic rings. The van der Waals surface area contributed by atoms with Crippen LogP contribution in [0.2, 0.25) is 5.02 Å². The predicted molar refractivity (Wildman–Crippen MR) is 95.4 cm³/mol. The lowest BCUT2D eigenvalue weighted by Gasteiger charge is -2.26. The molecule has 1 heterocycles. The second-order valence-corrected chi connectivity index (χ2v) is 6.29. The van der Waals surface area contributed by atoms with Gasteiger partial charge in [-0.1, -0.05) is 41.9 Å². The Morgan fingerprint density at radius 2 is 2.12 bits per heavy atom. The summed E-state index contributed by atoms with van der Waals surface area (Å²) in [6.45, 7) is 1.22. The number of halogens is 1. The van der Waals surface area contributed by atoms with Crippen molar-refractivity contribution in [1.82, 2.24) is 10.2 Å². The van der Waals surface area contributed by atoms with Crippen molar-refractivity contribution < 1.29 is 9.53 Å². The molecule has 2 aromatic rings. The van der Waals surface area contributed by atoms with E-state index in [2.05, 4.69) is 5.32 Å². The molecule has 1 atom stereocenters. The van der Waals surface area contributed by atoms with Crippen molar-refractivity contribution in [2.24, 2.45) is 0 Å². The molecular formula is C19H21ClN2O2. The van der Waals surface area contributed by atoms with Gasteiger partial charge in [0.25, 0.3) is 0 Å². The van der Waals surface area contributed by atoms with Crippen LogP contribution in [0.3, 0.4) is 0 Å². The van der Waals surface area contributed by atoms with Gasteiger partial charge in [-0.05, 0) is 42.2 Å². The Morgan fingerprint density at radius 3 is 2.92 bits per heavy atom. The smallest absolute Gasteiger partial charge is 0.318 e. The van der Waals surface area contributed by atoms with Crippen LogP contribution in [-0.4, -0.2) is 24.6 Å². The minimum atomic E-state index is -0.0553. The van der Waals surface area contributed by atoms with E-state index < -0.39 is 0 Å². The lowest BCUT2D eigenvalue weighted by Crippen LogP contribution is -2.39. The molecule has 2 aromatic carbocycles. The third kappa shape index (κ3) is 3.65. The van der Waals surface area contributed by atoms with Crippen LogP contribution < -0.4 is 10.1 Å². The Labute approximate surface area is 147 Å². The topological polar surface area (TPSA) is 41.6 Å². The Hall–Kier alpha value is -2.20. The van der Waals surface area contributed by atoms with Gasteiger partial charge in [-0.2, -0.15) is 0 Å². The standard InChI is InChI=1S/C19H21ClN2O2/c1-24-15-7-4-6-14(12-15)13-21-19(23)22-11-5-10-18(22)16-8-2-3-9-17(16)20/h2-4,6-9,12,18H,5,10-11,13H2,1H3,(H,21,23)/t18-/m0/s1. The number of hydrogen-bond acceptors (Lipinski definition) is 2. The Bertz CT molecular complexity index is 720. The molecule has 2 amide bonds. The summed E-state index contributed by atoms with van der Waals surface area (Å²) in [6.07, 6.45) is 1.93. The number of likely N-dealkylation sites (tertiary alicyclic amines) is 1. The maximum absolute atomic E-state index is 12.6. The third-order valence-electron chi connectivity index (χ3n) is 4.36. The SMILES string of the molecule is COc1cccc(CNC(=O)N2CCC[C@H]2c2ccccc2Cl)c1. The number of rotatable bonds is 4. The van der Waals surface area contributed by atoms with Crippen molar-refractivity contribution in [3.05, 3.63) is 64.7 Å². The zero-order valence-electron chi connectivity index (χ0n) is 13.7. The highest BCUT2D eigenvalue weighted by Crippen LogP contribution is 2.35. The Balaban J connectivity index is 1.66. The highest BCUT2D eigenvalue weighted by Gasteiger charge is 2.30. The molecule has 3 rings (SSSR count). The van der Waals surface area contributed by atoms with E-state index in [0.717, 1.165) is 41.3 Å². The number of benzene rings is 2. The zero-order chi connectivity index (χ0) is 16.9. The molecule has 126 valence electrons. The molecule has 0 unspecified atom stereocenters. The molecule has 1 saturated heterocycles. The number of ether oxygens (including phenoxy) is 1. The normalized spacial score (nSPS) is 16.9. The quantitative estimate of drug-likeness (QED) is 0.893. The fourth-order valence-corrected chi connectivity index (χ4v) is 3.40. The average molecular weight is 345 g/mol. The van der Waals surface area contributed by atoms with Crippen LogP contribution in [0, 0.1) is 0 Å². The van der Waals surface area contributed by atoms with Gasteiger partial charge in [-0.15, -0.1) is 0 Å². The van der Waals surface area contributed by atoms with E-state index in [4.69, 9.17) is 16.3 Å². The predicted octanol–water partition coefficient (Wildman–Crippen LogP) is 4.40. The summed E-state index contributed by atoms with van der Waals surface area (Å²) >= 11 is 6.31. The lowest BCUT2D eigenvalue weighted by atomic mass is 10.0. The van der Waals surface area contributed by atoms with Gasteiger partial charge in [0.05, 0.1) is 13.2 Å². The van der Waals surface area contributed by atoms with Gasteiger partial charge in [-0.3, -0.25) is 0 Å². The molecule has 0 radical (unpaired) electrons. The summed E-state index contributed by atoms with van der Waals surface area (Å²) in [5, 5.41) is 3.72. The number of nitrogens with zero attached hydrogens (tertiary/aromatic N) is 1. The Kier molecular flexibility index (Phi) is 5.26. The van der Waals surface area contributed by atoms with Crippen LogP contribution in [-0.2, 0) is 6.54 Å². The van der Waals surface area contributed by atoms with E-state index in [1.54, 1.807) is 7.11 Å². The molecule has 4 nitrogen and oxygen atoms in total. The van der Waals surface area contributed by atoms with Crippen LogP contribution in [0.25, 0.3) is 0 Å². The molecule has 24 heavy (non-hydrogen) atoms. The van der Waals surface area contributed by atoms with E-state index in [-0.39, 0.29) is 12.1 Å². The largest absolute Gasteiger partial charge is 0.497 e. The number of urea groups is 1. The van der Waals surface area contributed by atoms with Crippen molar-refractivity contribution in [3.63, 3.8) is 0 Å². The summed E-state index contributed by atoms with van der Waals surface area (Å²) in [5.74, 6) is 0.789. The summed E-state index contributed by atoms with van der Waals surface area (Å²) in [7, 11) is 1.64. The van der Waals surface area contributed by atoms with Crippen molar-refractivity contribution in [2.75, 3.05) is 13.7 Å². The zero-order valence-corrected chi connectivity index (χ0v) is 14.4. The van der Waals surface area contributed by atoms with Crippen LogP contribution >= 0.6 is 11.6 Å². The van der Waals surface area contributed by atoms with Gasteiger partial charge in [0.2, 0.25) is 0 Å². The van der Waals surface area contributed by atoms with Gasteiger partial charge in [0.1, 0.15) is 5.75 Å². The molecule has 1 fully saturated rings. The van der Waals surface area contributed by atoms with Crippen molar-refractivity contribution >= 4 is 17.6 Å². The second-order valence-electron chi connectivity index (χ2n) is 5.88. The van der Waals surface area contributed by atoms with Crippen molar-refractivity contribution in [3.8, 4) is 5.75 Å². The Morgan fingerprint density at radius 1 is 1.29 bits per heavy atom. The molecule has 0 aliphatic carbocycles. The minimum absolute atomic E-state index is 0.0454. The summed E-state index contributed by atoms with van der Waals surface area (Å²) in [5.41, 5.74) is 2.03. The first-order valence-electron chi connectivity index (χ1n) is 8.11. The van der Waals surface area contributed by atoms with Gasteiger partial charge in [0, 0.05) is 18.1 Å². The van der Waals surface area contributed by atoms with Crippen LogP contribution in [0.1, 0.15) is 30.0 Å². The number of carbonyl (C=O) groups excluding carboxylic acids is 1. The van der Waals surface area contributed by atoms with E-state index >= 15 is 0 Å². The summed E-state index contributed by atoms with van der Waals surface area (Å²) < 4.78 is 5.21. The first kappa shape index (κ1) is 16.7. The van der Waals surface area contributed by atoms with Crippen molar-refractivity contribution in [2.45, 2.75) is 25.4 Å². The number of nitrogens with one attached hydrogen (secondary N) is 1. The van der Waals surface area contributed by atoms with Crippen LogP contribution in [0.15, 0.2) is 48.5 Å². The molecule has 1 aliphatic heterocycles. The van der Waals surface area contributed by atoms with Gasteiger partial charge >= 0.3 is 6.03 Å². The fourth-order valence-electron chi connectivity index (χ4n) is 3.14. The molecule has 1 N–H and O–H groups in total. The van der Waals surface area contributed by atoms with Crippen LogP contribution in [0.5, 0.6) is 5.75 Å². The second kappa shape index (κ2) is 7.58. The molecule has 0 saturated carbocycles. The van der Waals surface area contributed by atoms with E-state index in [0.29, 0.717) is 6.54 Å². The van der Waals surface area contributed by atoms with Gasteiger partial charge in [0.15, 0.2) is 0 Å². The fraction of sp³-hybridized carbons (Fsp3) is 0.316. The highest BCUT2D eigenvalue weighted by atomic mass is 35.5. The van der Waals surface area contributed by atoms with Gasteiger partial charge < -0.3 is 15.0 Å². The van der Waals surface area contributed by atoms with Gasteiger partial charge in [-0.25, -0.2) is 4.79 Å². The molecule has 0 spiro atoms. The number of methoxy groups -OCH3 is 1. The summed E-state index contributed by atoms with van der Waals surface area (Å²) in [4.78, 5) is 14.5. The number of hydrogen-bond donors (Lipinski definition) is 1. The number of carbonyl (C=O) groups is 1. The first-order chi connectivity index (χ1) is 11.7. The van der Waals surface area contributed by atoms with E-state index in [1.165, 1.54) is 0 Å². The van der Waals surface area contributed by atoms with E-state index in [1.807, 2.05) is 53.4 Å². The van der Waals surface area contributed by atoms with E-state index in [9.17, 15) is 4.79 Å². The maximum atomic E-state index is 12.6. The first-order valence-corrected chi connectivity index (χ1v) is 8.48. The molecular weight excluding hydrogens is 324 g/mol. The molecule has 0 aromatic heterocycles. The lowest BCUT2D eigenvalue weighted by molar-refractivity contribution is 0.192. The highest BCUT2D eigenvalue weighted by molar-refractivity contribution is 6.31. The monoisotopic (exact) mass is 344 g/mol. The molecule has 0 bridgehead atoms. The summed E-state index contributed by atoms with van der Waals surface area (Å²) in [6, 6.07) is 15.4. The number of amides is 2. The average Bonchev–Trinajstić information content (AvgIpc) is 3.10.